The predicted octanol–water partition coefficient (Wildman–Crippen LogP) is 3.50. The van der Waals surface area contributed by atoms with Crippen molar-refractivity contribution in [3.05, 3.63) is 22.7 Å². The summed E-state index contributed by atoms with van der Waals surface area (Å²) < 4.78 is 5.35. The zero-order chi connectivity index (χ0) is 11.6. The largest absolute Gasteiger partial charge is 0.495 e. The van der Waals surface area contributed by atoms with Crippen molar-refractivity contribution in [3.63, 3.8) is 0 Å². The second-order valence-electron chi connectivity index (χ2n) is 3.98. The summed E-state index contributed by atoms with van der Waals surface area (Å²) in [5, 5.41) is 0.776. The highest BCUT2D eigenvalue weighted by molar-refractivity contribution is 6.31. The van der Waals surface area contributed by atoms with Gasteiger partial charge >= 0.3 is 0 Å². The molecule has 3 heteroatoms. The Balaban J connectivity index is 3.21. The molecule has 0 aromatic heterocycles. The Morgan fingerprint density at radius 2 is 1.93 bits per heavy atom. The van der Waals surface area contributed by atoms with Gasteiger partial charge < -0.3 is 9.64 Å². The third kappa shape index (κ3) is 2.57. The monoisotopic (exact) mass is 227 g/mol. The van der Waals surface area contributed by atoms with Gasteiger partial charge in [-0.05, 0) is 38.5 Å². The number of ether oxygens (including phenoxy) is 1. The van der Waals surface area contributed by atoms with Gasteiger partial charge in [-0.25, -0.2) is 0 Å². The van der Waals surface area contributed by atoms with E-state index in [0.29, 0.717) is 6.04 Å². The van der Waals surface area contributed by atoms with Gasteiger partial charge in [0.15, 0.2) is 0 Å². The lowest BCUT2D eigenvalue weighted by atomic mass is 10.1. The topological polar surface area (TPSA) is 12.5 Å². The second kappa shape index (κ2) is 4.75. The Bertz CT molecular complexity index is 350. The molecule has 0 aliphatic carbocycles. The molecule has 0 atom stereocenters. The number of methoxy groups -OCH3 is 1. The van der Waals surface area contributed by atoms with Crippen LogP contribution in [0.3, 0.4) is 0 Å². The molecule has 0 heterocycles. The van der Waals surface area contributed by atoms with Crippen molar-refractivity contribution in [3.8, 4) is 5.75 Å². The zero-order valence-corrected chi connectivity index (χ0v) is 10.7. The Morgan fingerprint density at radius 3 is 2.40 bits per heavy atom. The summed E-state index contributed by atoms with van der Waals surface area (Å²) >= 11 is 6.11. The molecule has 0 bridgehead atoms. The molecule has 0 saturated carbocycles. The first kappa shape index (κ1) is 12.2. The number of aryl methyl sites for hydroxylation is 1. The first-order valence-corrected chi connectivity index (χ1v) is 5.42. The van der Waals surface area contributed by atoms with Crippen LogP contribution in [0.1, 0.15) is 19.4 Å². The SMILES string of the molecule is COc1cc(C)c(Cl)cc1N(C)C(C)C. The van der Waals surface area contributed by atoms with Gasteiger partial charge in [0.1, 0.15) is 5.75 Å². The van der Waals surface area contributed by atoms with Crippen LogP contribution >= 0.6 is 11.6 Å². The fourth-order valence-electron chi connectivity index (χ4n) is 1.36. The number of nitrogens with zero attached hydrogens (tertiary/aromatic N) is 1. The fraction of sp³-hybridized carbons (Fsp3) is 0.500. The van der Waals surface area contributed by atoms with Crippen LogP contribution in [0.4, 0.5) is 5.69 Å². The van der Waals surface area contributed by atoms with Gasteiger partial charge in [0, 0.05) is 18.1 Å². The molecule has 0 radical (unpaired) electrons. The number of rotatable bonds is 3. The summed E-state index contributed by atoms with van der Waals surface area (Å²) in [6.07, 6.45) is 0. The van der Waals surface area contributed by atoms with Crippen molar-refractivity contribution >= 4 is 17.3 Å². The van der Waals surface area contributed by atoms with Crippen molar-refractivity contribution in [2.24, 2.45) is 0 Å². The van der Waals surface area contributed by atoms with Crippen molar-refractivity contribution < 1.29 is 4.74 Å². The van der Waals surface area contributed by atoms with E-state index in [4.69, 9.17) is 16.3 Å². The Labute approximate surface area is 96.8 Å². The Morgan fingerprint density at radius 1 is 1.33 bits per heavy atom. The van der Waals surface area contributed by atoms with Crippen LogP contribution in [0.2, 0.25) is 5.02 Å². The van der Waals surface area contributed by atoms with Crippen LogP contribution in [0.5, 0.6) is 5.75 Å². The van der Waals surface area contributed by atoms with Crippen LogP contribution in [-0.2, 0) is 0 Å². The van der Waals surface area contributed by atoms with E-state index in [-0.39, 0.29) is 0 Å². The quantitative estimate of drug-likeness (QED) is 0.784. The number of halogens is 1. The van der Waals surface area contributed by atoms with Gasteiger partial charge in [-0.2, -0.15) is 0 Å². The molecular weight excluding hydrogens is 210 g/mol. The summed E-state index contributed by atoms with van der Waals surface area (Å²) in [6.45, 7) is 6.24. The van der Waals surface area contributed by atoms with Crippen LogP contribution in [0.15, 0.2) is 12.1 Å². The average Bonchev–Trinajstić information content (AvgIpc) is 2.20. The van der Waals surface area contributed by atoms with Crippen molar-refractivity contribution in [1.82, 2.24) is 0 Å². The molecular formula is C12H18ClNO. The number of anilines is 1. The Hall–Kier alpha value is -0.890. The minimum Gasteiger partial charge on any atom is -0.495 e. The zero-order valence-electron chi connectivity index (χ0n) is 9.97. The van der Waals surface area contributed by atoms with E-state index < -0.39 is 0 Å². The Kier molecular flexibility index (Phi) is 3.86. The maximum atomic E-state index is 6.11. The molecule has 0 aliphatic heterocycles. The molecule has 2 nitrogen and oxygen atoms in total. The van der Waals surface area contributed by atoms with E-state index in [0.717, 1.165) is 22.0 Å². The minimum atomic E-state index is 0.415. The van der Waals surface area contributed by atoms with E-state index in [2.05, 4.69) is 18.7 Å². The summed E-state index contributed by atoms with van der Waals surface area (Å²) in [5.74, 6) is 0.869. The van der Waals surface area contributed by atoms with E-state index in [1.807, 2.05) is 26.1 Å². The first-order chi connectivity index (χ1) is 6.97. The molecule has 0 aliphatic rings. The van der Waals surface area contributed by atoms with Crippen LogP contribution < -0.4 is 9.64 Å². The molecule has 1 aromatic rings. The maximum Gasteiger partial charge on any atom is 0.142 e. The third-order valence-electron chi connectivity index (χ3n) is 2.61. The minimum absolute atomic E-state index is 0.415. The van der Waals surface area contributed by atoms with E-state index in [9.17, 15) is 0 Å². The third-order valence-corrected chi connectivity index (χ3v) is 3.02. The standard InChI is InChI=1S/C12H18ClNO/c1-8(2)14(4)11-7-10(13)9(3)6-12(11)15-5/h6-8H,1-5H3. The molecule has 1 aromatic carbocycles. The van der Waals surface area contributed by atoms with Crippen molar-refractivity contribution in [1.29, 1.82) is 0 Å². The summed E-state index contributed by atoms with van der Waals surface area (Å²) in [4.78, 5) is 2.14. The number of hydrogen-bond donors (Lipinski definition) is 0. The van der Waals surface area contributed by atoms with Gasteiger partial charge in [-0.1, -0.05) is 11.6 Å². The van der Waals surface area contributed by atoms with E-state index in [1.165, 1.54) is 0 Å². The average molecular weight is 228 g/mol. The molecule has 84 valence electrons. The van der Waals surface area contributed by atoms with Gasteiger partial charge in [0.2, 0.25) is 0 Å². The molecule has 0 spiro atoms. The summed E-state index contributed by atoms with van der Waals surface area (Å²) in [6, 6.07) is 4.34. The maximum absolute atomic E-state index is 6.11. The van der Waals surface area contributed by atoms with Crippen LogP contribution in [0.25, 0.3) is 0 Å². The second-order valence-corrected chi connectivity index (χ2v) is 4.39. The highest BCUT2D eigenvalue weighted by Crippen LogP contribution is 2.33. The summed E-state index contributed by atoms with van der Waals surface area (Å²) in [5.41, 5.74) is 2.07. The molecule has 15 heavy (non-hydrogen) atoms. The molecule has 0 N–H and O–H groups in total. The van der Waals surface area contributed by atoms with E-state index >= 15 is 0 Å². The number of hydrogen-bond acceptors (Lipinski definition) is 2. The molecule has 0 unspecified atom stereocenters. The highest BCUT2D eigenvalue weighted by atomic mass is 35.5. The van der Waals surface area contributed by atoms with Crippen LogP contribution in [-0.4, -0.2) is 20.2 Å². The molecule has 0 saturated heterocycles. The normalized spacial score (nSPS) is 10.6. The van der Waals surface area contributed by atoms with Crippen molar-refractivity contribution in [2.45, 2.75) is 26.8 Å². The molecule has 0 amide bonds. The lowest BCUT2D eigenvalue weighted by molar-refractivity contribution is 0.414. The lowest BCUT2D eigenvalue weighted by Gasteiger charge is -2.26. The van der Waals surface area contributed by atoms with Gasteiger partial charge in [0.05, 0.1) is 12.8 Å². The molecule has 0 fully saturated rings. The van der Waals surface area contributed by atoms with Crippen molar-refractivity contribution in [2.75, 3.05) is 19.1 Å². The van der Waals surface area contributed by atoms with Gasteiger partial charge in [-0.3, -0.25) is 0 Å². The smallest absolute Gasteiger partial charge is 0.142 e. The fourth-order valence-corrected chi connectivity index (χ4v) is 1.52. The van der Waals surface area contributed by atoms with E-state index in [1.54, 1.807) is 7.11 Å². The highest BCUT2D eigenvalue weighted by Gasteiger charge is 2.12. The predicted molar refractivity (Wildman–Crippen MR) is 66.3 cm³/mol. The molecule has 1 rings (SSSR count). The first-order valence-electron chi connectivity index (χ1n) is 5.04. The van der Waals surface area contributed by atoms with Gasteiger partial charge in [0.25, 0.3) is 0 Å². The van der Waals surface area contributed by atoms with Gasteiger partial charge in [-0.15, -0.1) is 0 Å². The summed E-state index contributed by atoms with van der Waals surface area (Å²) in [7, 11) is 3.72. The van der Waals surface area contributed by atoms with Crippen LogP contribution in [0, 0.1) is 6.92 Å². The lowest BCUT2D eigenvalue weighted by Crippen LogP contribution is -2.26. The number of benzene rings is 1.